The molecule has 0 aromatic carbocycles. The van der Waals surface area contributed by atoms with Gasteiger partial charge in [0.15, 0.2) is 5.82 Å². The molecule has 0 spiro atoms. The zero-order chi connectivity index (χ0) is 13.5. The fraction of sp³-hybridized carbons (Fsp3) is 0.222. The monoisotopic (exact) mass is 316 g/mol. The summed E-state index contributed by atoms with van der Waals surface area (Å²) in [6.07, 6.45) is 1.51. The maximum absolute atomic E-state index is 11.8. The van der Waals surface area contributed by atoms with Crippen molar-refractivity contribution in [2.75, 3.05) is 18.5 Å². The van der Waals surface area contributed by atoms with Crippen LogP contribution >= 0.6 is 15.9 Å². The van der Waals surface area contributed by atoms with Gasteiger partial charge >= 0.3 is 6.03 Å². The van der Waals surface area contributed by atoms with Gasteiger partial charge in [0.25, 0.3) is 5.91 Å². The van der Waals surface area contributed by atoms with Crippen LogP contribution in [0.4, 0.5) is 10.6 Å². The third-order valence-electron chi connectivity index (χ3n) is 1.95. The molecule has 1 aromatic rings. The average molecular weight is 317 g/mol. The van der Waals surface area contributed by atoms with E-state index in [2.05, 4.69) is 37.0 Å². The Morgan fingerprint density at radius 1 is 1.33 bits per heavy atom. The quantitative estimate of drug-likeness (QED) is 0.284. The molecule has 0 aliphatic heterocycles. The van der Waals surface area contributed by atoms with E-state index in [1.807, 2.05) is 0 Å². The second kappa shape index (κ2) is 6.77. The lowest BCUT2D eigenvalue weighted by Crippen LogP contribution is -2.37. The van der Waals surface area contributed by atoms with Crippen molar-refractivity contribution in [2.45, 2.75) is 0 Å². The van der Waals surface area contributed by atoms with E-state index < -0.39 is 6.03 Å². The van der Waals surface area contributed by atoms with E-state index in [0.717, 1.165) is 0 Å². The van der Waals surface area contributed by atoms with Crippen LogP contribution in [0, 0.1) is 0 Å². The van der Waals surface area contributed by atoms with Crippen molar-refractivity contribution in [1.29, 1.82) is 0 Å². The molecular weight excluding hydrogens is 304 g/mol. The number of nitrogens with two attached hydrogens (primary N) is 2. The Morgan fingerprint density at radius 3 is 2.61 bits per heavy atom. The Hall–Kier alpha value is -1.87. The molecule has 8 nitrogen and oxygen atoms in total. The number of halogens is 1. The van der Waals surface area contributed by atoms with E-state index in [-0.39, 0.29) is 24.8 Å². The van der Waals surface area contributed by atoms with Gasteiger partial charge in [0, 0.05) is 23.8 Å². The fourth-order valence-electron chi connectivity index (χ4n) is 1.18. The van der Waals surface area contributed by atoms with Gasteiger partial charge < -0.3 is 21.8 Å². The van der Waals surface area contributed by atoms with Gasteiger partial charge in [0.1, 0.15) is 0 Å². The predicted molar refractivity (Wildman–Crippen MR) is 69.7 cm³/mol. The Labute approximate surface area is 112 Å². The first-order valence-corrected chi connectivity index (χ1v) is 5.77. The number of urea groups is 1. The molecule has 0 saturated heterocycles. The highest BCUT2D eigenvalue weighted by molar-refractivity contribution is 9.10. The number of amides is 3. The minimum absolute atomic E-state index is 0.244. The molecule has 0 saturated carbocycles. The summed E-state index contributed by atoms with van der Waals surface area (Å²) in [6.45, 7) is 0.492. The molecule has 1 aromatic heterocycles. The lowest BCUT2D eigenvalue weighted by Gasteiger charge is -2.09. The van der Waals surface area contributed by atoms with Crippen LogP contribution < -0.4 is 27.6 Å². The van der Waals surface area contributed by atoms with Crippen LogP contribution in [0.15, 0.2) is 16.7 Å². The third-order valence-corrected chi connectivity index (χ3v) is 2.38. The summed E-state index contributed by atoms with van der Waals surface area (Å²) < 4.78 is 0.655. The lowest BCUT2D eigenvalue weighted by molar-refractivity contribution is 0.0954. The molecule has 0 unspecified atom stereocenters. The zero-order valence-electron chi connectivity index (χ0n) is 9.37. The summed E-state index contributed by atoms with van der Waals surface area (Å²) in [7, 11) is 0. The number of anilines is 1. The highest BCUT2D eigenvalue weighted by atomic mass is 79.9. The number of nitrogens with zero attached hydrogens (tertiary/aromatic N) is 1. The average Bonchev–Trinajstić information content (AvgIpc) is 2.34. The number of hydrazine groups is 1. The van der Waals surface area contributed by atoms with Crippen molar-refractivity contribution in [2.24, 2.45) is 11.6 Å². The van der Waals surface area contributed by atoms with E-state index in [0.29, 0.717) is 10.0 Å². The van der Waals surface area contributed by atoms with Crippen LogP contribution in [-0.4, -0.2) is 30.0 Å². The number of carbonyl (C=O) groups excluding carboxylic acids is 2. The van der Waals surface area contributed by atoms with Crippen LogP contribution in [-0.2, 0) is 0 Å². The molecule has 0 aliphatic rings. The summed E-state index contributed by atoms with van der Waals surface area (Å²) in [4.78, 5) is 26.2. The first-order chi connectivity index (χ1) is 8.54. The van der Waals surface area contributed by atoms with E-state index in [1.165, 1.54) is 6.20 Å². The van der Waals surface area contributed by atoms with Gasteiger partial charge in [-0.3, -0.25) is 4.79 Å². The van der Waals surface area contributed by atoms with Crippen molar-refractivity contribution in [3.05, 3.63) is 22.3 Å². The molecule has 0 radical (unpaired) electrons. The predicted octanol–water partition coefficient (Wildman–Crippen LogP) is -0.472. The minimum atomic E-state index is -0.641. The van der Waals surface area contributed by atoms with Crippen LogP contribution in [0.2, 0.25) is 0 Å². The Bertz CT molecular complexity index is 453. The van der Waals surface area contributed by atoms with Crippen molar-refractivity contribution < 1.29 is 9.59 Å². The Kier molecular flexibility index (Phi) is 5.33. The molecule has 0 fully saturated rings. The normalized spacial score (nSPS) is 9.67. The topological polar surface area (TPSA) is 135 Å². The number of hydrogen-bond acceptors (Lipinski definition) is 5. The smallest absolute Gasteiger partial charge is 0.312 e. The highest BCUT2D eigenvalue weighted by Crippen LogP contribution is 2.16. The van der Waals surface area contributed by atoms with Gasteiger partial charge in [-0.1, -0.05) is 0 Å². The maximum atomic E-state index is 11.8. The molecule has 18 heavy (non-hydrogen) atoms. The second-order valence-electron chi connectivity index (χ2n) is 3.24. The van der Waals surface area contributed by atoms with Gasteiger partial charge in [0.2, 0.25) is 0 Å². The molecule has 0 atom stereocenters. The summed E-state index contributed by atoms with van der Waals surface area (Å²) in [5, 5.41) is 4.94. The number of hydrogen-bond donors (Lipinski definition) is 5. The molecule has 0 aliphatic carbocycles. The molecule has 1 heterocycles. The molecular formula is C9H13BrN6O2. The summed E-state index contributed by atoms with van der Waals surface area (Å²) >= 11 is 3.21. The van der Waals surface area contributed by atoms with Crippen molar-refractivity contribution in [3.63, 3.8) is 0 Å². The summed E-state index contributed by atoms with van der Waals surface area (Å²) in [6, 6.07) is 0.941. The van der Waals surface area contributed by atoms with Gasteiger partial charge in [0.05, 0.1) is 5.56 Å². The first kappa shape index (κ1) is 14.2. The summed E-state index contributed by atoms with van der Waals surface area (Å²) in [5.74, 6) is 5.16. The largest absolute Gasteiger partial charge is 0.352 e. The van der Waals surface area contributed by atoms with E-state index >= 15 is 0 Å². The Balaban J connectivity index is 2.60. The van der Waals surface area contributed by atoms with Gasteiger partial charge in [-0.15, -0.1) is 0 Å². The number of carbonyl (C=O) groups is 2. The number of nitrogen functional groups attached to an aromatic ring is 1. The van der Waals surface area contributed by atoms with Gasteiger partial charge in [-0.05, 0) is 22.0 Å². The van der Waals surface area contributed by atoms with Crippen molar-refractivity contribution in [3.8, 4) is 0 Å². The van der Waals surface area contributed by atoms with E-state index in [1.54, 1.807) is 6.07 Å². The van der Waals surface area contributed by atoms with Crippen LogP contribution in [0.5, 0.6) is 0 Å². The Morgan fingerprint density at radius 2 is 2.00 bits per heavy atom. The molecule has 3 amide bonds. The van der Waals surface area contributed by atoms with Gasteiger partial charge in [-0.25, -0.2) is 15.6 Å². The van der Waals surface area contributed by atoms with E-state index in [9.17, 15) is 9.59 Å². The maximum Gasteiger partial charge on any atom is 0.312 e. The van der Waals surface area contributed by atoms with E-state index in [4.69, 9.17) is 11.6 Å². The van der Waals surface area contributed by atoms with Crippen LogP contribution in [0.25, 0.3) is 0 Å². The fourth-order valence-corrected chi connectivity index (χ4v) is 1.52. The number of nitrogens with one attached hydrogen (secondary N) is 3. The minimum Gasteiger partial charge on any atom is -0.352 e. The standard InChI is InChI=1S/C9H13BrN6O2/c10-5-3-6(7(16-12)15-4-5)8(17)13-1-2-14-9(11)18/h3-4H,1-2,12H2,(H,13,17)(H,15,16)(H3,11,14,18). The lowest BCUT2D eigenvalue weighted by atomic mass is 10.2. The highest BCUT2D eigenvalue weighted by Gasteiger charge is 2.12. The number of pyridine rings is 1. The molecule has 1 rings (SSSR count). The van der Waals surface area contributed by atoms with Gasteiger partial charge in [-0.2, -0.15) is 0 Å². The zero-order valence-corrected chi connectivity index (χ0v) is 11.0. The molecule has 9 heteroatoms. The number of aromatic nitrogens is 1. The SMILES string of the molecule is NNc1ncc(Br)cc1C(=O)NCCNC(N)=O. The third kappa shape index (κ3) is 4.18. The van der Waals surface area contributed by atoms with Crippen molar-refractivity contribution >= 4 is 33.7 Å². The molecule has 7 N–H and O–H groups in total. The van der Waals surface area contributed by atoms with Crippen LogP contribution in [0.1, 0.15) is 10.4 Å². The second-order valence-corrected chi connectivity index (χ2v) is 4.16. The van der Waals surface area contributed by atoms with Crippen molar-refractivity contribution in [1.82, 2.24) is 15.6 Å². The molecule has 0 bridgehead atoms. The summed E-state index contributed by atoms with van der Waals surface area (Å²) in [5.41, 5.74) is 7.51. The van der Waals surface area contributed by atoms with Crippen LogP contribution in [0.3, 0.4) is 0 Å². The number of rotatable bonds is 5. The first-order valence-electron chi connectivity index (χ1n) is 4.98. The number of primary amides is 1. The molecule has 98 valence electrons.